The second-order valence-electron chi connectivity index (χ2n) is 5.99. The van der Waals surface area contributed by atoms with E-state index in [-0.39, 0.29) is 11.8 Å². The SMILES string of the molecule is CCC(CC)n1nc(C(=O)N2CCC(C(=O)O)CC2)cc1C. The van der Waals surface area contributed by atoms with E-state index in [4.69, 9.17) is 5.11 Å². The van der Waals surface area contributed by atoms with Crippen molar-refractivity contribution < 1.29 is 14.7 Å². The van der Waals surface area contributed by atoms with E-state index < -0.39 is 5.97 Å². The van der Waals surface area contributed by atoms with Crippen molar-refractivity contribution in [3.8, 4) is 0 Å². The van der Waals surface area contributed by atoms with Gasteiger partial charge in [0.1, 0.15) is 0 Å². The van der Waals surface area contributed by atoms with Crippen molar-refractivity contribution in [2.75, 3.05) is 13.1 Å². The van der Waals surface area contributed by atoms with E-state index in [1.54, 1.807) is 4.90 Å². The Balaban J connectivity index is 2.08. The molecule has 0 spiro atoms. The van der Waals surface area contributed by atoms with Crippen LogP contribution in [0.15, 0.2) is 6.07 Å². The molecule has 1 aromatic rings. The summed E-state index contributed by atoms with van der Waals surface area (Å²) in [5.41, 5.74) is 1.47. The summed E-state index contributed by atoms with van der Waals surface area (Å²) in [5, 5.41) is 13.5. The molecule has 0 unspecified atom stereocenters. The van der Waals surface area contributed by atoms with Crippen LogP contribution in [-0.4, -0.2) is 44.8 Å². The maximum Gasteiger partial charge on any atom is 0.306 e. The predicted molar refractivity (Wildman–Crippen MR) is 82.8 cm³/mol. The van der Waals surface area contributed by atoms with E-state index in [2.05, 4.69) is 18.9 Å². The van der Waals surface area contributed by atoms with Gasteiger partial charge in [-0.3, -0.25) is 14.3 Å². The molecule has 1 fully saturated rings. The standard InChI is InChI=1S/C16H25N3O3/c1-4-13(5-2)19-11(3)10-14(17-19)15(20)18-8-6-12(7-9-18)16(21)22/h10,12-13H,4-9H2,1-3H3,(H,21,22). The molecule has 6 nitrogen and oxygen atoms in total. The van der Waals surface area contributed by atoms with Crippen molar-refractivity contribution in [3.05, 3.63) is 17.5 Å². The number of rotatable bonds is 5. The Bertz CT molecular complexity index is 541. The monoisotopic (exact) mass is 307 g/mol. The molecule has 1 aliphatic rings. The lowest BCUT2D eigenvalue weighted by Gasteiger charge is -2.29. The van der Waals surface area contributed by atoms with Gasteiger partial charge in [0.15, 0.2) is 5.69 Å². The Morgan fingerprint density at radius 2 is 1.91 bits per heavy atom. The summed E-state index contributed by atoms with van der Waals surface area (Å²) >= 11 is 0. The topological polar surface area (TPSA) is 75.4 Å². The second kappa shape index (κ2) is 6.94. The van der Waals surface area contributed by atoms with Crippen LogP contribution in [-0.2, 0) is 4.79 Å². The summed E-state index contributed by atoms with van der Waals surface area (Å²) in [5.74, 6) is -1.18. The zero-order valence-electron chi connectivity index (χ0n) is 13.6. The number of carbonyl (C=O) groups excluding carboxylic acids is 1. The third-order valence-electron chi connectivity index (χ3n) is 4.56. The van der Waals surface area contributed by atoms with Crippen LogP contribution in [0.25, 0.3) is 0 Å². The third-order valence-corrected chi connectivity index (χ3v) is 4.56. The molecule has 2 rings (SSSR count). The van der Waals surface area contributed by atoms with Crippen molar-refractivity contribution in [2.45, 2.75) is 52.5 Å². The van der Waals surface area contributed by atoms with Gasteiger partial charge in [-0.1, -0.05) is 13.8 Å². The first-order chi connectivity index (χ1) is 10.5. The van der Waals surface area contributed by atoms with Crippen LogP contribution in [0.2, 0.25) is 0 Å². The van der Waals surface area contributed by atoms with Gasteiger partial charge >= 0.3 is 5.97 Å². The van der Waals surface area contributed by atoms with Crippen LogP contribution in [0.1, 0.15) is 61.8 Å². The number of nitrogens with zero attached hydrogens (tertiary/aromatic N) is 3. The zero-order chi connectivity index (χ0) is 16.3. The number of aryl methyl sites for hydroxylation is 1. The predicted octanol–water partition coefficient (Wildman–Crippen LogP) is 2.49. The van der Waals surface area contributed by atoms with Crippen molar-refractivity contribution in [1.82, 2.24) is 14.7 Å². The number of hydrogen-bond acceptors (Lipinski definition) is 3. The van der Waals surface area contributed by atoms with Crippen LogP contribution in [0, 0.1) is 12.8 Å². The summed E-state index contributed by atoms with van der Waals surface area (Å²) in [7, 11) is 0. The van der Waals surface area contributed by atoms with Crippen LogP contribution in [0.4, 0.5) is 0 Å². The molecule has 2 heterocycles. The number of amides is 1. The molecule has 1 aromatic heterocycles. The van der Waals surface area contributed by atoms with E-state index in [0.717, 1.165) is 18.5 Å². The number of carboxylic acids is 1. The lowest BCUT2D eigenvalue weighted by molar-refractivity contribution is -0.143. The number of carboxylic acid groups (broad SMARTS) is 1. The summed E-state index contributed by atoms with van der Waals surface area (Å²) in [4.78, 5) is 25.2. The molecule has 6 heteroatoms. The first kappa shape index (κ1) is 16.5. The van der Waals surface area contributed by atoms with Crippen molar-refractivity contribution in [3.63, 3.8) is 0 Å². The van der Waals surface area contributed by atoms with Gasteiger partial charge < -0.3 is 10.0 Å². The molecule has 0 bridgehead atoms. The smallest absolute Gasteiger partial charge is 0.306 e. The van der Waals surface area contributed by atoms with Crippen molar-refractivity contribution in [2.24, 2.45) is 5.92 Å². The van der Waals surface area contributed by atoms with Gasteiger partial charge in [-0.15, -0.1) is 0 Å². The lowest BCUT2D eigenvalue weighted by Crippen LogP contribution is -2.40. The Hall–Kier alpha value is -1.85. The summed E-state index contributed by atoms with van der Waals surface area (Å²) in [6.07, 6.45) is 3.01. The fourth-order valence-corrected chi connectivity index (χ4v) is 3.09. The summed E-state index contributed by atoms with van der Waals surface area (Å²) < 4.78 is 1.94. The first-order valence-electron chi connectivity index (χ1n) is 8.06. The highest BCUT2D eigenvalue weighted by Gasteiger charge is 2.29. The number of aliphatic carboxylic acids is 1. The second-order valence-corrected chi connectivity index (χ2v) is 5.99. The molecule has 22 heavy (non-hydrogen) atoms. The van der Waals surface area contributed by atoms with Gasteiger partial charge in [0, 0.05) is 18.8 Å². The van der Waals surface area contributed by atoms with Gasteiger partial charge in [0.25, 0.3) is 5.91 Å². The van der Waals surface area contributed by atoms with Gasteiger partial charge in [-0.2, -0.15) is 5.10 Å². The van der Waals surface area contributed by atoms with Gasteiger partial charge in [-0.25, -0.2) is 0 Å². The maximum atomic E-state index is 12.5. The molecule has 1 amide bonds. The minimum Gasteiger partial charge on any atom is -0.481 e. The first-order valence-corrected chi connectivity index (χ1v) is 8.06. The Morgan fingerprint density at radius 1 is 1.32 bits per heavy atom. The largest absolute Gasteiger partial charge is 0.481 e. The van der Waals surface area contributed by atoms with Gasteiger partial charge in [0.05, 0.1) is 12.0 Å². The molecule has 1 N–H and O–H groups in total. The van der Waals surface area contributed by atoms with E-state index >= 15 is 0 Å². The molecule has 0 aromatic carbocycles. The molecule has 0 saturated carbocycles. The lowest BCUT2D eigenvalue weighted by atomic mass is 9.97. The van der Waals surface area contributed by atoms with Gasteiger partial charge in [-0.05, 0) is 38.7 Å². The van der Waals surface area contributed by atoms with Crippen LogP contribution in [0.3, 0.4) is 0 Å². The Morgan fingerprint density at radius 3 is 2.41 bits per heavy atom. The van der Waals surface area contributed by atoms with Crippen molar-refractivity contribution >= 4 is 11.9 Å². The molecule has 0 atom stereocenters. The van der Waals surface area contributed by atoms with Crippen molar-refractivity contribution in [1.29, 1.82) is 0 Å². The average Bonchev–Trinajstić information content (AvgIpc) is 2.90. The molecule has 1 aliphatic heterocycles. The van der Waals surface area contributed by atoms with E-state index in [1.165, 1.54) is 0 Å². The highest BCUT2D eigenvalue weighted by Crippen LogP contribution is 2.21. The zero-order valence-corrected chi connectivity index (χ0v) is 13.6. The average molecular weight is 307 g/mol. The summed E-state index contributed by atoms with van der Waals surface area (Å²) in [6.45, 7) is 7.19. The third kappa shape index (κ3) is 3.31. The van der Waals surface area contributed by atoms with Gasteiger partial charge in [0.2, 0.25) is 0 Å². The molecule has 0 aliphatic carbocycles. The quantitative estimate of drug-likeness (QED) is 0.907. The molecular weight excluding hydrogens is 282 g/mol. The van der Waals surface area contributed by atoms with Crippen LogP contribution < -0.4 is 0 Å². The fraction of sp³-hybridized carbons (Fsp3) is 0.688. The van der Waals surface area contributed by atoms with E-state index in [1.807, 2.05) is 17.7 Å². The summed E-state index contributed by atoms with van der Waals surface area (Å²) in [6, 6.07) is 2.16. The highest BCUT2D eigenvalue weighted by molar-refractivity contribution is 5.92. The van der Waals surface area contributed by atoms with Crippen LogP contribution in [0.5, 0.6) is 0 Å². The number of carbonyl (C=O) groups is 2. The molecular formula is C16H25N3O3. The fourth-order valence-electron chi connectivity index (χ4n) is 3.09. The Kier molecular flexibility index (Phi) is 5.21. The normalized spacial score (nSPS) is 16.3. The maximum absolute atomic E-state index is 12.5. The molecule has 122 valence electrons. The number of likely N-dealkylation sites (tertiary alicyclic amines) is 1. The number of piperidine rings is 1. The molecule has 0 radical (unpaired) electrons. The van der Waals surface area contributed by atoms with E-state index in [9.17, 15) is 9.59 Å². The Labute approximate surface area is 131 Å². The highest BCUT2D eigenvalue weighted by atomic mass is 16.4. The number of aromatic nitrogens is 2. The minimum absolute atomic E-state index is 0.0864. The minimum atomic E-state index is -0.763. The molecule has 1 saturated heterocycles. The van der Waals surface area contributed by atoms with Crippen LogP contribution >= 0.6 is 0 Å². The number of hydrogen-bond donors (Lipinski definition) is 1. The van der Waals surface area contributed by atoms with E-state index in [0.29, 0.717) is 37.7 Å².